The summed E-state index contributed by atoms with van der Waals surface area (Å²) in [6, 6.07) is 5.81. The molecular formula is C16H19NO3. The molecule has 1 aliphatic carbocycles. The van der Waals surface area contributed by atoms with Crippen LogP contribution in [0.3, 0.4) is 0 Å². The van der Waals surface area contributed by atoms with Crippen molar-refractivity contribution in [3.8, 4) is 11.5 Å². The van der Waals surface area contributed by atoms with E-state index in [1.807, 2.05) is 18.2 Å². The Bertz CT molecular complexity index is 524. The largest absolute Gasteiger partial charge is 0.486 e. The van der Waals surface area contributed by atoms with E-state index < -0.39 is 0 Å². The number of hydrogen-bond donors (Lipinski definition) is 1. The first-order chi connectivity index (χ1) is 9.83. The molecule has 1 unspecified atom stereocenters. The van der Waals surface area contributed by atoms with Crippen molar-refractivity contribution in [1.82, 2.24) is 5.32 Å². The molecule has 1 aliphatic heterocycles. The van der Waals surface area contributed by atoms with Crippen LogP contribution < -0.4 is 14.8 Å². The molecule has 0 fully saturated rings. The molecule has 1 aromatic rings. The number of rotatable bonds is 3. The third kappa shape index (κ3) is 2.95. The lowest BCUT2D eigenvalue weighted by Gasteiger charge is -2.20. The number of allylic oxidation sites excluding steroid dienone is 2. The molecule has 1 N–H and O–H groups in total. The van der Waals surface area contributed by atoms with Crippen molar-refractivity contribution in [2.24, 2.45) is 5.92 Å². The molecule has 106 valence electrons. The molecule has 0 aromatic heterocycles. The van der Waals surface area contributed by atoms with Crippen LogP contribution >= 0.6 is 0 Å². The number of nitrogens with one attached hydrogen (secondary N) is 1. The second kappa shape index (κ2) is 5.99. The highest BCUT2D eigenvalue weighted by Crippen LogP contribution is 2.30. The number of fused-ring (bicyclic) bond motifs is 1. The van der Waals surface area contributed by atoms with Crippen LogP contribution in [0.1, 0.15) is 24.8 Å². The Morgan fingerprint density at radius 2 is 2.05 bits per heavy atom. The normalized spacial score (nSPS) is 20.5. The number of amides is 1. The summed E-state index contributed by atoms with van der Waals surface area (Å²) in [5.41, 5.74) is 1.04. The van der Waals surface area contributed by atoms with E-state index in [0.29, 0.717) is 19.8 Å². The molecular weight excluding hydrogens is 254 g/mol. The van der Waals surface area contributed by atoms with Crippen LogP contribution in [0.15, 0.2) is 30.4 Å². The smallest absolute Gasteiger partial charge is 0.223 e. The van der Waals surface area contributed by atoms with Gasteiger partial charge in [0, 0.05) is 12.5 Å². The van der Waals surface area contributed by atoms with Gasteiger partial charge in [-0.2, -0.15) is 0 Å². The molecule has 1 amide bonds. The van der Waals surface area contributed by atoms with Crippen LogP contribution in [0, 0.1) is 5.92 Å². The summed E-state index contributed by atoms with van der Waals surface area (Å²) in [5.74, 6) is 1.81. The Hall–Kier alpha value is -1.97. The minimum Gasteiger partial charge on any atom is -0.486 e. The fourth-order valence-corrected chi connectivity index (χ4v) is 2.56. The minimum atomic E-state index is 0.122. The Morgan fingerprint density at radius 1 is 1.20 bits per heavy atom. The van der Waals surface area contributed by atoms with E-state index in [0.717, 1.165) is 36.3 Å². The van der Waals surface area contributed by atoms with Crippen LogP contribution in [0.25, 0.3) is 0 Å². The first-order valence-electron chi connectivity index (χ1n) is 7.14. The molecule has 0 bridgehead atoms. The van der Waals surface area contributed by atoms with Crippen LogP contribution in [-0.4, -0.2) is 19.1 Å². The van der Waals surface area contributed by atoms with Crippen molar-refractivity contribution in [3.05, 3.63) is 35.9 Å². The number of carbonyl (C=O) groups excluding carboxylic acids is 1. The molecule has 2 aliphatic rings. The average Bonchev–Trinajstić information content (AvgIpc) is 2.53. The standard InChI is InChI=1S/C16H19NO3/c18-16(13-4-2-1-3-5-13)17-11-12-6-7-14-15(10-12)20-9-8-19-14/h1-2,6-7,10,13H,3-5,8-9,11H2,(H,17,18). The van der Waals surface area contributed by atoms with Gasteiger partial charge < -0.3 is 14.8 Å². The van der Waals surface area contributed by atoms with E-state index in [-0.39, 0.29) is 11.8 Å². The predicted octanol–water partition coefficient (Wildman–Crippen LogP) is 2.43. The van der Waals surface area contributed by atoms with E-state index in [4.69, 9.17) is 9.47 Å². The molecule has 20 heavy (non-hydrogen) atoms. The quantitative estimate of drug-likeness (QED) is 0.860. The summed E-state index contributed by atoms with van der Waals surface area (Å²) in [6.45, 7) is 1.71. The zero-order valence-electron chi connectivity index (χ0n) is 11.4. The zero-order valence-corrected chi connectivity index (χ0v) is 11.4. The van der Waals surface area contributed by atoms with Gasteiger partial charge in [0.25, 0.3) is 0 Å². The van der Waals surface area contributed by atoms with Crippen LogP contribution in [0.5, 0.6) is 11.5 Å². The van der Waals surface area contributed by atoms with Gasteiger partial charge in [-0.3, -0.25) is 4.79 Å². The first kappa shape index (κ1) is 13.0. The highest BCUT2D eigenvalue weighted by molar-refractivity contribution is 5.79. The summed E-state index contributed by atoms with van der Waals surface area (Å²) in [5, 5.41) is 3.01. The van der Waals surface area contributed by atoms with Gasteiger partial charge >= 0.3 is 0 Å². The molecule has 4 nitrogen and oxygen atoms in total. The van der Waals surface area contributed by atoms with E-state index in [2.05, 4.69) is 17.5 Å². The third-order valence-corrected chi connectivity index (χ3v) is 3.71. The van der Waals surface area contributed by atoms with Gasteiger partial charge in [-0.15, -0.1) is 0 Å². The molecule has 0 radical (unpaired) electrons. The number of hydrogen-bond acceptors (Lipinski definition) is 3. The van der Waals surface area contributed by atoms with Crippen molar-refractivity contribution in [2.75, 3.05) is 13.2 Å². The second-order valence-electron chi connectivity index (χ2n) is 5.18. The number of ether oxygens (including phenoxy) is 2. The average molecular weight is 273 g/mol. The SMILES string of the molecule is O=C(NCc1ccc2c(c1)OCCO2)C1CC=CCC1. The van der Waals surface area contributed by atoms with Crippen molar-refractivity contribution in [3.63, 3.8) is 0 Å². The van der Waals surface area contributed by atoms with Crippen molar-refractivity contribution >= 4 is 5.91 Å². The number of carbonyl (C=O) groups is 1. The van der Waals surface area contributed by atoms with E-state index in [1.54, 1.807) is 0 Å². The Balaban J connectivity index is 1.58. The summed E-state index contributed by atoms with van der Waals surface area (Å²) < 4.78 is 11.0. The molecule has 1 heterocycles. The van der Waals surface area contributed by atoms with Crippen molar-refractivity contribution < 1.29 is 14.3 Å². The molecule has 0 spiro atoms. The first-order valence-corrected chi connectivity index (χ1v) is 7.14. The summed E-state index contributed by atoms with van der Waals surface area (Å²) >= 11 is 0. The molecule has 0 saturated heterocycles. The molecule has 0 saturated carbocycles. The molecule has 1 aromatic carbocycles. The van der Waals surface area contributed by atoms with Gasteiger partial charge in [0.05, 0.1) is 0 Å². The molecule has 4 heteroatoms. The Kier molecular flexibility index (Phi) is 3.90. The maximum Gasteiger partial charge on any atom is 0.223 e. The van der Waals surface area contributed by atoms with Crippen LogP contribution in [0.4, 0.5) is 0 Å². The fraction of sp³-hybridized carbons (Fsp3) is 0.438. The van der Waals surface area contributed by atoms with Crippen LogP contribution in [-0.2, 0) is 11.3 Å². The maximum atomic E-state index is 12.1. The van der Waals surface area contributed by atoms with Crippen molar-refractivity contribution in [1.29, 1.82) is 0 Å². The molecule has 3 rings (SSSR count). The van der Waals surface area contributed by atoms with Gasteiger partial charge in [0.15, 0.2) is 11.5 Å². The topological polar surface area (TPSA) is 47.6 Å². The highest BCUT2D eigenvalue weighted by atomic mass is 16.6. The number of benzene rings is 1. The zero-order chi connectivity index (χ0) is 13.8. The lowest BCUT2D eigenvalue weighted by Crippen LogP contribution is -2.30. The predicted molar refractivity (Wildman–Crippen MR) is 75.8 cm³/mol. The van der Waals surface area contributed by atoms with Gasteiger partial charge in [0.1, 0.15) is 13.2 Å². The van der Waals surface area contributed by atoms with Crippen LogP contribution in [0.2, 0.25) is 0 Å². The summed E-state index contributed by atoms with van der Waals surface area (Å²) in [4.78, 5) is 12.1. The second-order valence-corrected chi connectivity index (χ2v) is 5.18. The lowest BCUT2D eigenvalue weighted by molar-refractivity contribution is -0.125. The van der Waals surface area contributed by atoms with Gasteiger partial charge in [-0.05, 0) is 37.0 Å². The van der Waals surface area contributed by atoms with Crippen molar-refractivity contribution in [2.45, 2.75) is 25.8 Å². The highest BCUT2D eigenvalue weighted by Gasteiger charge is 2.18. The lowest BCUT2D eigenvalue weighted by atomic mass is 9.93. The fourth-order valence-electron chi connectivity index (χ4n) is 2.56. The summed E-state index contributed by atoms with van der Waals surface area (Å²) in [6.07, 6.45) is 7.04. The van der Waals surface area contributed by atoms with Gasteiger partial charge in [-0.25, -0.2) is 0 Å². The van der Waals surface area contributed by atoms with Gasteiger partial charge in [-0.1, -0.05) is 18.2 Å². The van der Waals surface area contributed by atoms with Gasteiger partial charge in [0.2, 0.25) is 5.91 Å². The Morgan fingerprint density at radius 3 is 2.85 bits per heavy atom. The minimum absolute atomic E-state index is 0.122. The monoisotopic (exact) mass is 273 g/mol. The maximum absolute atomic E-state index is 12.1. The third-order valence-electron chi connectivity index (χ3n) is 3.71. The van der Waals surface area contributed by atoms with E-state index in [1.165, 1.54) is 0 Å². The molecule has 1 atom stereocenters. The van der Waals surface area contributed by atoms with E-state index >= 15 is 0 Å². The van der Waals surface area contributed by atoms with E-state index in [9.17, 15) is 4.79 Å². The Labute approximate surface area is 118 Å². The summed E-state index contributed by atoms with van der Waals surface area (Å²) in [7, 11) is 0.